The molecule has 7 heteroatoms. The second kappa shape index (κ2) is 7.53. The Bertz CT molecular complexity index is 797. The molecule has 2 heterocycles. The van der Waals surface area contributed by atoms with Crippen molar-refractivity contribution < 1.29 is 14.0 Å². The molecule has 1 fully saturated rings. The Labute approximate surface area is 156 Å². The molecule has 1 aromatic heterocycles. The normalized spacial score (nSPS) is 16.2. The minimum absolute atomic E-state index is 0.150. The van der Waals surface area contributed by atoms with Crippen LogP contribution in [0, 0.1) is 5.82 Å². The second-order valence-electron chi connectivity index (χ2n) is 6.55. The van der Waals surface area contributed by atoms with Gasteiger partial charge in [-0.25, -0.2) is 14.2 Å². The lowest BCUT2D eigenvalue weighted by Gasteiger charge is -2.25. The highest BCUT2D eigenvalue weighted by Crippen LogP contribution is 2.30. The number of nitrogens with one attached hydrogen (secondary N) is 1. The summed E-state index contributed by atoms with van der Waals surface area (Å²) in [6, 6.07) is 5.75. The topological polar surface area (TPSA) is 62.3 Å². The molecule has 26 heavy (non-hydrogen) atoms. The first kappa shape index (κ1) is 18.5. The second-order valence-corrected chi connectivity index (χ2v) is 7.41. The fourth-order valence-electron chi connectivity index (χ4n) is 3.40. The first-order valence-electron chi connectivity index (χ1n) is 8.83. The van der Waals surface area contributed by atoms with Crippen molar-refractivity contribution in [3.05, 3.63) is 41.2 Å². The maximum absolute atomic E-state index is 13.1. The number of halogens is 1. The van der Waals surface area contributed by atoms with Crippen LogP contribution in [-0.4, -0.2) is 27.4 Å². The molecule has 1 aromatic carbocycles. The summed E-state index contributed by atoms with van der Waals surface area (Å²) in [5.74, 6) is -0.462. The highest BCUT2D eigenvalue weighted by molar-refractivity contribution is 7.13. The molecule has 3 amide bonds. The fourth-order valence-corrected chi connectivity index (χ4v) is 4.22. The first-order chi connectivity index (χ1) is 12.5. The number of hydrogen-bond donors (Lipinski definition) is 1. The molecule has 1 aliphatic heterocycles. The number of carbonyl (C=O) groups excluding carboxylic acids is 2. The van der Waals surface area contributed by atoms with E-state index in [1.54, 1.807) is 12.1 Å². The molecular weight excluding hydrogens is 353 g/mol. The Hall–Kier alpha value is -2.28. The number of hydrogen-bond acceptors (Lipinski definition) is 4. The number of amides is 3. The molecule has 0 atom stereocenters. The van der Waals surface area contributed by atoms with Crippen LogP contribution in [0.2, 0.25) is 0 Å². The van der Waals surface area contributed by atoms with Crippen molar-refractivity contribution in [2.45, 2.75) is 51.6 Å². The molecule has 3 rings (SSSR count). The minimum atomic E-state index is -0.781. The van der Waals surface area contributed by atoms with Gasteiger partial charge in [-0.1, -0.05) is 26.7 Å². The van der Waals surface area contributed by atoms with Gasteiger partial charge in [0.15, 0.2) is 0 Å². The molecule has 138 valence electrons. The standard InChI is InChI=1S/C19H22FN3O2S/c1-3-9-19(10-4-2)17(24)23(18(25)22-19)11-15-12-26-16(21-15)13-5-7-14(20)8-6-13/h5-8,12H,3-4,9-11H2,1-2H3,(H,22,25). The van der Waals surface area contributed by atoms with E-state index in [-0.39, 0.29) is 24.3 Å². The third kappa shape index (κ3) is 3.49. The molecule has 0 saturated carbocycles. The molecule has 1 N–H and O–H groups in total. The highest BCUT2D eigenvalue weighted by Gasteiger charge is 2.49. The number of aromatic nitrogens is 1. The minimum Gasteiger partial charge on any atom is -0.323 e. The van der Waals surface area contributed by atoms with E-state index in [0.717, 1.165) is 23.4 Å². The Kier molecular flexibility index (Phi) is 5.36. The van der Waals surface area contributed by atoms with Crippen LogP contribution in [0.1, 0.15) is 45.2 Å². The van der Waals surface area contributed by atoms with Gasteiger partial charge < -0.3 is 5.32 Å². The van der Waals surface area contributed by atoms with Crippen molar-refractivity contribution in [1.82, 2.24) is 15.2 Å². The summed E-state index contributed by atoms with van der Waals surface area (Å²) in [6.07, 6.45) is 2.93. The smallest absolute Gasteiger partial charge is 0.323 e. The van der Waals surface area contributed by atoms with Crippen molar-refractivity contribution in [2.24, 2.45) is 0 Å². The van der Waals surface area contributed by atoms with Crippen LogP contribution in [0.5, 0.6) is 0 Å². The number of urea groups is 1. The molecule has 1 saturated heterocycles. The van der Waals surface area contributed by atoms with Gasteiger partial charge >= 0.3 is 6.03 Å². The van der Waals surface area contributed by atoms with E-state index in [9.17, 15) is 14.0 Å². The molecule has 0 aliphatic carbocycles. The predicted molar refractivity (Wildman–Crippen MR) is 99.1 cm³/mol. The Morgan fingerprint density at radius 2 is 1.81 bits per heavy atom. The van der Waals surface area contributed by atoms with Gasteiger partial charge in [0.2, 0.25) is 0 Å². The Balaban J connectivity index is 1.77. The summed E-state index contributed by atoms with van der Waals surface area (Å²) in [5.41, 5.74) is 0.684. The van der Waals surface area contributed by atoms with E-state index in [1.165, 1.54) is 28.4 Å². The summed E-state index contributed by atoms with van der Waals surface area (Å²) in [6.45, 7) is 4.17. The first-order valence-corrected chi connectivity index (χ1v) is 9.71. The van der Waals surface area contributed by atoms with Crippen LogP contribution >= 0.6 is 11.3 Å². The van der Waals surface area contributed by atoms with Crippen LogP contribution < -0.4 is 5.32 Å². The number of imide groups is 1. The fraction of sp³-hybridized carbons (Fsp3) is 0.421. The summed E-state index contributed by atoms with van der Waals surface area (Å²) < 4.78 is 13.1. The zero-order valence-corrected chi connectivity index (χ0v) is 15.7. The van der Waals surface area contributed by atoms with Crippen LogP contribution in [0.3, 0.4) is 0 Å². The summed E-state index contributed by atoms with van der Waals surface area (Å²) >= 11 is 1.41. The van der Waals surface area contributed by atoms with Gasteiger partial charge in [-0.3, -0.25) is 9.69 Å². The molecule has 1 aliphatic rings. The monoisotopic (exact) mass is 375 g/mol. The largest absolute Gasteiger partial charge is 0.325 e. The molecular formula is C19H22FN3O2S. The molecule has 0 spiro atoms. The van der Waals surface area contributed by atoms with Crippen molar-refractivity contribution in [2.75, 3.05) is 0 Å². The van der Waals surface area contributed by atoms with Gasteiger partial charge in [-0.2, -0.15) is 0 Å². The molecule has 0 bridgehead atoms. The van der Waals surface area contributed by atoms with Gasteiger partial charge in [-0.15, -0.1) is 11.3 Å². The van der Waals surface area contributed by atoms with Gasteiger partial charge in [-0.05, 0) is 37.1 Å². The SMILES string of the molecule is CCCC1(CCC)NC(=O)N(Cc2csc(-c3ccc(F)cc3)n2)C1=O. The number of nitrogens with zero attached hydrogens (tertiary/aromatic N) is 2. The highest BCUT2D eigenvalue weighted by atomic mass is 32.1. The lowest BCUT2D eigenvalue weighted by atomic mass is 9.88. The van der Waals surface area contributed by atoms with Crippen molar-refractivity contribution in [1.29, 1.82) is 0 Å². The van der Waals surface area contributed by atoms with Gasteiger partial charge in [0.25, 0.3) is 5.91 Å². The Morgan fingerprint density at radius 3 is 2.42 bits per heavy atom. The Morgan fingerprint density at radius 1 is 1.15 bits per heavy atom. The molecule has 0 unspecified atom stereocenters. The van der Waals surface area contributed by atoms with Crippen molar-refractivity contribution in [3.63, 3.8) is 0 Å². The lowest BCUT2D eigenvalue weighted by Crippen LogP contribution is -2.46. The van der Waals surface area contributed by atoms with Gasteiger partial charge in [0.05, 0.1) is 12.2 Å². The molecule has 0 radical (unpaired) electrons. The quantitative estimate of drug-likeness (QED) is 0.732. The van der Waals surface area contributed by atoms with E-state index < -0.39 is 5.54 Å². The van der Waals surface area contributed by atoms with E-state index in [4.69, 9.17) is 0 Å². The number of carbonyl (C=O) groups is 2. The summed E-state index contributed by atoms with van der Waals surface area (Å²) in [4.78, 5) is 31.1. The van der Waals surface area contributed by atoms with E-state index >= 15 is 0 Å². The van der Waals surface area contributed by atoms with Crippen molar-refractivity contribution >= 4 is 23.3 Å². The third-order valence-corrected chi connectivity index (χ3v) is 5.50. The number of benzene rings is 1. The summed E-state index contributed by atoms with van der Waals surface area (Å²) in [5, 5.41) is 5.47. The van der Waals surface area contributed by atoms with E-state index in [1.807, 2.05) is 19.2 Å². The lowest BCUT2D eigenvalue weighted by molar-refractivity contribution is -0.132. The average molecular weight is 375 g/mol. The maximum atomic E-state index is 13.1. The number of rotatable bonds is 7. The van der Waals surface area contributed by atoms with Crippen LogP contribution in [0.25, 0.3) is 10.6 Å². The zero-order chi connectivity index (χ0) is 18.7. The van der Waals surface area contributed by atoms with Gasteiger partial charge in [0, 0.05) is 10.9 Å². The van der Waals surface area contributed by atoms with Crippen molar-refractivity contribution in [3.8, 4) is 10.6 Å². The third-order valence-electron chi connectivity index (χ3n) is 4.56. The predicted octanol–water partition coefficient (Wildman–Crippen LogP) is 4.34. The average Bonchev–Trinajstić information content (AvgIpc) is 3.16. The zero-order valence-electron chi connectivity index (χ0n) is 14.9. The number of thiazole rings is 1. The summed E-state index contributed by atoms with van der Waals surface area (Å²) in [7, 11) is 0. The molecule has 2 aromatic rings. The van der Waals surface area contributed by atoms with Gasteiger partial charge in [0.1, 0.15) is 16.4 Å². The van der Waals surface area contributed by atoms with E-state index in [0.29, 0.717) is 18.5 Å². The van der Waals surface area contributed by atoms with Crippen LogP contribution in [-0.2, 0) is 11.3 Å². The van der Waals surface area contributed by atoms with Crippen LogP contribution in [0.4, 0.5) is 9.18 Å². The molecule has 5 nitrogen and oxygen atoms in total. The van der Waals surface area contributed by atoms with E-state index in [2.05, 4.69) is 10.3 Å². The maximum Gasteiger partial charge on any atom is 0.325 e. The van der Waals surface area contributed by atoms with Crippen LogP contribution in [0.15, 0.2) is 29.6 Å².